The summed E-state index contributed by atoms with van der Waals surface area (Å²) >= 11 is 1.72. The second kappa shape index (κ2) is 4.82. The highest BCUT2D eigenvalue weighted by molar-refractivity contribution is 7.08. The third-order valence-electron chi connectivity index (χ3n) is 2.25. The number of benzene rings is 1. The first kappa shape index (κ1) is 10.0. The van der Waals surface area contributed by atoms with Gasteiger partial charge in [0.2, 0.25) is 0 Å². The van der Waals surface area contributed by atoms with E-state index in [2.05, 4.69) is 35.6 Å². The molecule has 0 N–H and O–H groups in total. The van der Waals surface area contributed by atoms with Crippen LogP contribution >= 0.6 is 11.3 Å². The molecule has 0 aliphatic carbocycles. The van der Waals surface area contributed by atoms with Gasteiger partial charge in [-0.25, -0.2) is 0 Å². The molecule has 15 heavy (non-hydrogen) atoms. The van der Waals surface area contributed by atoms with Crippen LogP contribution in [-0.4, -0.2) is 0 Å². The summed E-state index contributed by atoms with van der Waals surface area (Å²) in [4.78, 5) is 0. The van der Waals surface area contributed by atoms with Gasteiger partial charge < -0.3 is 0 Å². The van der Waals surface area contributed by atoms with E-state index in [4.69, 9.17) is 0 Å². The van der Waals surface area contributed by atoms with Crippen molar-refractivity contribution in [1.82, 2.24) is 0 Å². The highest BCUT2D eigenvalue weighted by Gasteiger charge is 2.00. The maximum Gasteiger partial charge on any atom is 0.0436 e. The molecule has 1 aromatic carbocycles. The Balaban J connectivity index is 2.13. The van der Waals surface area contributed by atoms with E-state index in [0.717, 1.165) is 5.56 Å². The van der Waals surface area contributed by atoms with E-state index >= 15 is 0 Å². The Morgan fingerprint density at radius 2 is 1.93 bits per heavy atom. The lowest BCUT2D eigenvalue weighted by Crippen LogP contribution is -1.85. The van der Waals surface area contributed by atoms with Crippen LogP contribution in [0.3, 0.4) is 0 Å². The van der Waals surface area contributed by atoms with Gasteiger partial charge in [0.05, 0.1) is 0 Å². The third kappa shape index (κ3) is 2.71. The fourth-order valence-corrected chi connectivity index (χ4v) is 2.07. The van der Waals surface area contributed by atoms with Crippen LogP contribution in [0.25, 0.3) is 0 Å². The van der Waals surface area contributed by atoms with Crippen molar-refractivity contribution < 1.29 is 0 Å². The minimum absolute atomic E-state index is 0.316. The molecule has 0 saturated carbocycles. The molecule has 0 bridgehead atoms. The fourth-order valence-electron chi connectivity index (χ4n) is 1.32. The van der Waals surface area contributed by atoms with Gasteiger partial charge in [0.1, 0.15) is 0 Å². The first-order valence-electron chi connectivity index (χ1n) is 4.95. The predicted octanol–water partition coefficient (Wildman–Crippen LogP) is 3.90. The number of thiophene rings is 1. The average Bonchev–Trinajstić information content (AvgIpc) is 2.81. The second-order valence-corrected chi connectivity index (χ2v) is 4.19. The SMILES string of the molecule is C[C@@H](C#Cc1ccccc1)c1ccsc1. The van der Waals surface area contributed by atoms with Crippen molar-refractivity contribution >= 4 is 11.3 Å². The van der Waals surface area contributed by atoms with Crippen molar-refractivity contribution in [3.05, 3.63) is 58.3 Å². The van der Waals surface area contributed by atoms with Gasteiger partial charge in [-0.05, 0) is 41.4 Å². The Bertz CT molecular complexity index is 457. The minimum atomic E-state index is 0.316. The van der Waals surface area contributed by atoms with Crippen molar-refractivity contribution in [1.29, 1.82) is 0 Å². The van der Waals surface area contributed by atoms with E-state index in [1.165, 1.54) is 5.56 Å². The summed E-state index contributed by atoms with van der Waals surface area (Å²) in [5.41, 5.74) is 2.39. The van der Waals surface area contributed by atoms with Crippen molar-refractivity contribution in [2.45, 2.75) is 12.8 Å². The Morgan fingerprint density at radius 3 is 2.60 bits per heavy atom. The molecular weight excluding hydrogens is 200 g/mol. The predicted molar refractivity (Wildman–Crippen MR) is 66.1 cm³/mol. The summed E-state index contributed by atoms with van der Waals surface area (Å²) in [5.74, 6) is 6.76. The molecule has 1 atom stereocenters. The van der Waals surface area contributed by atoms with Gasteiger partial charge in [-0.15, -0.1) is 0 Å². The highest BCUT2D eigenvalue weighted by Crippen LogP contribution is 2.17. The van der Waals surface area contributed by atoms with Crippen molar-refractivity contribution in [3.8, 4) is 11.8 Å². The topological polar surface area (TPSA) is 0 Å². The van der Waals surface area contributed by atoms with Gasteiger partial charge >= 0.3 is 0 Å². The molecule has 0 fully saturated rings. The number of hydrogen-bond donors (Lipinski definition) is 0. The quantitative estimate of drug-likeness (QED) is 0.629. The minimum Gasteiger partial charge on any atom is -0.152 e. The van der Waals surface area contributed by atoms with Gasteiger partial charge in [-0.3, -0.25) is 0 Å². The van der Waals surface area contributed by atoms with E-state index < -0.39 is 0 Å². The third-order valence-corrected chi connectivity index (χ3v) is 2.95. The van der Waals surface area contributed by atoms with E-state index in [0.29, 0.717) is 5.92 Å². The van der Waals surface area contributed by atoms with E-state index in [9.17, 15) is 0 Å². The van der Waals surface area contributed by atoms with Crippen LogP contribution in [0.1, 0.15) is 24.0 Å². The Labute approximate surface area is 94.6 Å². The summed E-state index contributed by atoms with van der Waals surface area (Å²) in [5, 5.41) is 4.25. The Hall–Kier alpha value is -1.52. The first-order chi connectivity index (χ1) is 7.36. The van der Waals surface area contributed by atoms with Crippen LogP contribution in [0, 0.1) is 11.8 Å². The number of rotatable bonds is 1. The summed E-state index contributed by atoms with van der Waals surface area (Å²) < 4.78 is 0. The van der Waals surface area contributed by atoms with Crippen LogP contribution in [0.15, 0.2) is 47.2 Å². The van der Waals surface area contributed by atoms with E-state index in [1.54, 1.807) is 11.3 Å². The van der Waals surface area contributed by atoms with Gasteiger partial charge in [0.15, 0.2) is 0 Å². The molecule has 1 heteroatoms. The molecule has 0 amide bonds. The van der Waals surface area contributed by atoms with E-state index in [-0.39, 0.29) is 0 Å². The van der Waals surface area contributed by atoms with Crippen LogP contribution in [0.5, 0.6) is 0 Å². The largest absolute Gasteiger partial charge is 0.152 e. The van der Waals surface area contributed by atoms with Crippen LogP contribution in [0.4, 0.5) is 0 Å². The lowest BCUT2D eigenvalue weighted by Gasteiger charge is -1.98. The molecule has 0 saturated heterocycles. The molecule has 0 radical (unpaired) electrons. The van der Waals surface area contributed by atoms with Crippen molar-refractivity contribution in [2.75, 3.05) is 0 Å². The van der Waals surface area contributed by atoms with Gasteiger partial charge in [0, 0.05) is 11.5 Å². The molecule has 1 aromatic heterocycles. The monoisotopic (exact) mass is 212 g/mol. The van der Waals surface area contributed by atoms with Gasteiger partial charge in [0.25, 0.3) is 0 Å². The maximum atomic E-state index is 3.26. The molecule has 0 spiro atoms. The van der Waals surface area contributed by atoms with Gasteiger partial charge in [-0.2, -0.15) is 11.3 Å². The second-order valence-electron chi connectivity index (χ2n) is 3.41. The first-order valence-corrected chi connectivity index (χ1v) is 5.89. The standard InChI is InChI=1S/C14H12S/c1-12(14-9-10-15-11-14)7-8-13-5-3-2-4-6-13/h2-6,9-12H,1H3/t12-/m0/s1. The van der Waals surface area contributed by atoms with Crippen LogP contribution in [0.2, 0.25) is 0 Å². The maximum absolute atomic E-state index is 3.26. The van der Waals surface area contributed by atoms with E-state index in [1.807, 2.05) is 30.3 Å². The van der Waals surface area contributed by atoms with Crippen LogP contribution in [-0.2, 0) is 0 Å². The molecule has 0 nitrogen and oxygen atoms in total. The molecule has 0 aliphatic rings. The fraction of sp³-hybridized carbons (Fsp3) is 0.143. The molecule has 74 valence electrons. The molecule has 2 aromatic rings. The summed E-state index contributed by atoms with van der Waals surface area (Å²) in [6, 6.07) is 12.2. The normalized spacial score (nSPS) is 11.5. The zero-order chi connectivity index (χ0) is 10.5. The molecule has 0 unspecified atom stereocenters. The zero-order valence-electron chi connectivity index (χ0n) is 8.60. The van der Waals surface area contributed by atoms with Crippen LogP contribution < -0.4 is 0 Å². The molecule has 0 aliphatic heterocycles. The Morgan fingerprint density at radius 1 is 1.13 bits per heavy atom. The smallest absolute Gasteiger partial charge is 0.0436 e. The zero-order valence-corrected chi connectivity index (χ0v) is 9.42. The summed E-state index contributed by atoms with van der Waals surface area (Å²) in [6.07, 6.45) is 0. The molecule has 2 rings (SSSR count). The Kier molecular flexibility index (Phi) is 3.22. The highest BCUT2D eigenvalue weighted by atomic mass is 32.1. The van der Waals surface area contributed by atoms with Crippen molar-refractivity contribution in [3.63, 3.8) is 0 Å². The summed E-state index contributed by atoms with van der Waals surface area (Å²) in [6.45, 7) is 2.14. The molecular formula is C14H12S. The lowest BCUT2D eigenvalue weighted by atomic mass is 10.1. The van der Waals surface area contributed by atoms with Crippen molar-refractivity contribution in [2.24, 2.45) is 0 Å². The summed E-state index contributed by atoms with van der Waals surface area (Å²) in [7, 11) is 0. The molecule has 1 heterocycles. The number of hydrogen-bond acceptors (Lipinski definition) is 1. The lowest BCUT2D eigenvalue weighted by molar-refractivity contribution is 1.01. The average molecular weight is 212 g/mol. The van der Waals surface area contributed by atoms with Gasteiger partial charge in [-0.1, -0.05) is 30.0 Å².